The number of aliphatic hydroxyl groups is 1. The van der Waals surface area contributed by atoms with E-state index in [0.29, 0.717) is 6.42 Å². The first-order valence-corrected chi connectivity index (χ1v) is 12.6. The van der Waals surface area contributed by atoms with Crippen LogP contribution in [0.2, 0.25) is 0 Å². The maximum Gasteiger partial charge on any atom is 1.00 e. The summed E-state index contributed by atoms with van der Waals surface area (Å²) in [5.74, 6) is -0.232. The average Bonchev–Trinajstić information content (AvgIpc) is 2.58. The Labute approximate surface area is 191 Å². The topological polar surface area (TPSA) is 77.4 Å². The summed E-state index contributed by atoms with van der Waals surface area (Å²) in [5, 5.41) is 10.0. The van der Waals surface area contributed by atoms with Crippen molar-refractivity contribution >= 4 is 10.1 Å². The maximum absolute atomic E-state index is 10.5. The van der Waals surface area contributed by atoms with Gasteiger partial charge in [-0.2, -0.15) is 0 Å². The molecule has 0 fully saturated rings. The second-order valence-corrected chi connectivity index (χ2v) is 9.32. The molecule has 4 nitrogen and oxygen atoms in total. The molecule has 0 radical (unpaired) electrons. The van der Waals surface area contributed by atoms with Gasteiger partial charge >= 0.3 is 29.6 Å². The average molecular weight is 415 g/mol. The summed E-state index contributed by atoms with van der Waals surface area (Å²) in [6.45, 7) is 2.25. The van der Waals surface area contributed by atoms with Crippen molar-refractivity contribution in [3.8, 4) is 0 Å². The van der Waals surface area contributed by atoms with Gasteiger partial charge in [0.25, 0.3) is 0 Å². The van der Waals surface area contributed by atoms with Crippen LogP contribution in [0.1, 0.15) is 122 Å². The van der Waals surface area contributed by atoms with E-state index in [1.807, 2.05) is 0 Å². The summed E-state index contributed by atoms with van der Waals surface area (Å²) in [5.41, 5.74) is 0. The molecule has 1 atom stereocenters. The summed E-state index contributed by atoms with van der Waals surface area (Å²) >= 11 is 0. The summed E-state index contributed by atoms with van der Waals surface area (Å²) in [6.07, 6.45) is 20.4. The third-order valence-electron chi connectivity index (χ3n) is 5.07. The molecule has 0 bridgehead atoms. The Bertz CT molecular complexity index is 388. The van der Waals surface area contributed by atoms with Crippen LogP contribution in [0.3, 0.4) is 0 Å². The fourth-order valence-electron chi connectivity index (χ4n) is 3.38. The van der Waals surface area contributed by atoms with E-state index in [2.05, 4.69) is 6.92 Å². The molecule has 0 aromatic rings. The number of hydrogen-bond acceptors (Lipinski definition) is 4. The van der Waals surface area contributed by atoms with E-state index in [4.69, 9.17) is 0 Å². The molecule has 0 saturated carbocycles. The fraction of sp³-hybridized carbons (Fsp3) is 1.00. The summed E-state index contributed by atoms with van der Waals surface area (Å²) < 4.78 is 31.4. The third kappa shape index (κ3) is 26.9. The molecule has 158 valence electrons. The van der Waals surface area contributed by atoms with Gasteiger partial charge in [0.05, 0.1) is 16.2 Å². The van der Waals surface area contributed by atoms with Crippen molar-refractivity contribution in [3.05, 3.63) is 0 Å². The molecular weight excluding hydrogens is 371 g/mol. The first kappa shape index (κ1) is 30.1. The fourth-order valence-corrected chi connectivity index (χ4v) is 3.94. The normalized spacial score (nSPS) is 12.7. The molecule has 0 aliphatic heterocycles. The van der Waals surface area contributed by atoms with Crippen molar-refractivity contribution in [2.75, 3.05) is 5.75 Å². The second-order valence-electron chi connectivity index (χ2n) is 7.80. The van der Waals surface area contributed by atoms with Crippen molar-refractivity contribution in [3.63, 3.8) is 0 Å². The Kier molecular flexibility index (Phi) is 24.0. The van der Waals surface area contributed by atoms with Gasteiger partial charge in [-0.3, -0.25) is 0 Å². The van der Waals surface area contributed by atoms with E-state index < -0.39 is 10.1 Å². The molecule has 0 aromatic heterocycles. The number of hydrogen-bond donors (Lipinski definition) is 1. The zero-order chi connectivity index (χ0) is 19.5. The van der Waals surface area contributed by atoms with Crippen LogP contribution in [-0.2, 0) is 10.1 Å². The number of rotatable bonds is 20. The van der Waals surface area contributed by atoms with Crippen LogP contribution in [0, 0.1) is 0 Å². The molecule has 6 heteroatoms. The number of unbranched alkanes of at least 4 members (excludes halogenated alkanes) is 14. The van der Waals surface area contributed by atoms with E-state index in [9.17, 15) is 18.1 Å². The predicted octanol–water partition coefficient (Wildman–Crippen LogP) is 2.94. The van der Waals surface area contributed by atoms with Gasteiger partial charge in [-0.05, 0) is 19.3 Å². The minimum absolute atomic E-state index is 0. The molecule has 0 rings (SSSR count). The van der Waals surface area contributed by atoms with Crippen molar-refractivity contribution in [2.24, 2.45) is 0 Å². The van der Waals surface area contributed by atoms with Gasteiger partial charge in [0.2, 0.25) is 0 Å². The smallest absolute Gasteiger partial charge is 0.748 e. The molecule has 0 aliphatic rings. The van der Waals surface area contributed by atoms with E-state index in [0.717, 1.165) is 51.4 Å². The van der Waals surface area contributed by atoms with Crippen LogP contribution >= 0.6 is 0 Å². The molecule has 0 saturated heterocycles. The Morgan fingerprint density at radius 2 is 1.00 bits per heavy atom. The van der Waals surface area contributed by atoms with Gasteiger partial charge in [-0.25, -0.2) is 8.42 Å². The molecule has 1 N–H and O–H groups in total. The molecule has 27 heavy (non-hydrogen) atoms. The summed E-state index contributed by atoms with van der Waals surface area (Å²) in [7, 11) is -4.04. The molecular formula is C21H43NaO4S. The minimum atomic E-state index is -4.04. The van der Waals surface area contributed by atoms with Crippen LogP contribution in [0.15, 0.2) is 0 Å². The van der Waals surface area contributed by atoms with Crippen molar-refractivity contribution in [1.82, 2.24) is 0 Å². The standard InChI is InChI=1S/C21H44O4S.Na/c1-2-3-4-5-6-7-8-9-12-15-18-21(22)19-16-13-10-11-14-17-20-26(23,24)25;/h21-22H,2-20H2,1H3,(H,23,24,25);/q;+1/p-1. The van der Waals surface area contributed by atoms with Crippen LogP contribution in [0.5, 0.6) is 0 Å². The van der Waals surface area contributed by atoms with Gasteiger partial charge in [0.1, 0.15) is 0 Å². The first-order chi connectivity index (χ1) is 12.5. The number of aliphatic hydroxyl groups excluding tert-OH is 1. The molecule has 0 aliphatic carbocycles. The van der Waals surface area contributed by atoms with E-state index in [1.165, 1.54) is 57.8 Å². The van der Waals surface area contributed by atoms with Gasteiger partial charge in [-0.1, -0.05) is 103 Å². The van der Waals surface area contributed by atoms with Gasteiger partial charge in [-0.15, -0.1) is 0 Å². The maximum atomic E-state index is 10.5. The van der Waals surface area contributed by atoms with E-state index in [-0.39, 0.29) is 41.4 Å². The molecule has 1 unspecified atom stereocenters. The van der Waals surface area contributed by atoms with E-state index >= 15 is 0 Å². The summed E-state index contributed by atoms with van der Waals surface area (Å²) in [6, 6.07) is 0. The Hall–Kier alpha value is 0.870. The van der Waals surface area contributed by atoms with E-state index in [1.54, 1.807) is 0 Å². The quantitative estimate of drug-likeness (QED) is 0.189. The van der Waals surface area contributed by atoms with Gasteiger partial charge in [0.15, 0.2) is 0 Å². The summed E-state index contributed by atoms with van der Waals surface area (Å²) in [4.78, 5) is 0. The molecule has 0 spiro atoms. The zero-order valence-corrected chi connectivity index (χ0v) is 20.9. The van der Waals surface area contributed by atoms with Crippen LogP contribution in [0.4, 0.5) is 0 Å². The Balaban J connectivity index is 0. The largest absolute Gasteiger partial charge is 1.00 e. The Morgan fingerprint density at radius 3 is 1.37 bits per heavy atom. The predicted molar refractivity (Wildman–Crippen MR) is 109 cm³/mol. The van der Waals surface area contributed by atoms with Crippen LogP contribution < -0.4 is 29.6 Å². The second kappa shape index (κ2) is 21.6. The monoisotopic (exact) mass is 414 g/mol. The van der Waals surface area contributed by atoms with Gasteiger partial charge < -0.3 is 9.66 Å². The van der Waals surface area contributed by atoms with Crippen molar-refractivity contribution in [1.29, 1.82) is 0 Å². The van der Waals surface area contributed by atoms with Crippen LogP contribution in [0.25, 0.3) is 0 Å². The van der Waals surface area contributed by atoms with Gasteiger partial charge in [0, 0.05) is 5.75 Å². The molecule has 0 aromatic carbocycles. The molecule has 0 heterocycles. The first-order valence-electron chi connectivity index (χ1n) is 11.1. The third-order valence-corrected chi connectivity index (χ3v) is 5.86. The van der Waals surface area contributed by atoms with Crippen molar-refractivity contribution < 1.29 is 47.6 Å². The SMILES string of the molecule is CCCCCCCCCCCCC(O)CCCCCCCCS(=O)(=O)[O-].[Na+]. The minimum Gasteiger partial charge on any atom is -0.748 e. The van der Waals surface area contributed by atoms with Crippen LogP contribution in [-0.4, -0.2) is 29.9 Å². The zero-order valence-electron chi connectivity index (χ0n) is 18.1. The Morgan fingerprint density at radius 1 is 0.667 bits per heavy atom. The molecule has 0 amide bonds. The van der Waals surface area contributed by atoms with Crippen molar-refractivity contribution in [2.45, 2.75) is 129 Å².